The van der Waals surface area contributed by atoms with E-state index in [0.29, 0.717) is 45.0 Å². The molecule has 1 aromatic carbocycles. The number of hydrogen-bond acceptors (Lipinski definition) is 6. The van der Waals surface area contributed by atoms with E-state index in [0.717, 1.165) is 4.31 Å². The van der Waals surface area contributed by atoms with E-state index in [4.69, 9.17) is 11.6 Å². The van der Waals surface area contributed by atoms with E-state index in [1.165, 1.54) is 40.9 Å². The number of hydrogen-bond donors (Lipinski definition) is 1. The summed E-state index contributed by atoms with van der Waals surface area (Å²) in [5.74, 6) is -0.324. The van der Waals surface area contributed by atoms with Crippen LogP contribution in [0.1, 0.15) is 13.8 Å². The summed E-state index contributed by atoms with van der Waals surface area (Å²) in [4.78, 5) is 14.2. The Morgan fingerprint density at radius 3 is 2.16 bits per heavy atom. The fraction of sp³-hybridized carbons (Fsp3) is 0.611. The number of carbonyl (C=O) groups excluding carboxylic acids is 1. The van der Waals surface area contributed by atoms with Crippen LogP contribution in [0.3, 0.4) is 0 Å². The highest BCUT2D eigenvalue weighted by atomic mass is 35.5. The van der Waals surface area contributed by atoms with Crippen LogP contribution in [0, 0.1) is 0 Å². The van der Waals surface area contributed by atoms with Crippen molar-refractivity contribution >= 4 is 43.4 Å². The molecule has 1 saturated heterocycles. The minimum Gasteiger partial charge on any atom is -0.325 e. The second-order valence-corrected chi connectivity index (χ2v) is 11.7. The molecule has 31 heavy (non-hydrogen) atoms. The number of nitrogens with zero attached hydrogens (tertiary/aromatic N) is 4. The SMILES string of the molecule is CCN(CC)S(=O)(=O)N1CCN(CC(=O)Nc2ccc(Cl)c(S(=O)(=O)N(C)C)c2)CC1. The van der Waals surface area contributed by atoms with Gasteiger partial charge in [0.05, 0.1) is 11.6 Å². The molecule has 1 aliphatic rings. The Kier molecular flexibility index (Phi) is 8.85. The van der Waals surface area contributed by atoms with Gasteiger partial charge in [0.15, 0.2) is 0 Å². The molecule has 0 unspecified atom stereocenters. The van der Waals surface area contributed by atoms with Crippen molar-refractivity contribution in [2.75, 3.05) is 65.2 Å². The minimum absolute atomic E-state index is 0.0669. The lowest BCUT2D eigenvalue weighted by atomic mass is 10.3. The normalized spacial score (nSPS) is 16.7. The Bertz CT molecular complexity index is 989. The number of sulfonamides is 1. The summed E-state index contributed by atoms with van der Waals surface area (Å²) < 4.78 is 53.8. The van der Waals surface area contributed by atoms with Crippen LogP contribution in [0.2, 0.25) is 5.02 Å². The van der Waals surface area contributed by atoms with Crippen LogP contribution < -0.4 is 5.32 Å². The molecule has 0 radical (unpaired) electrons. The molecule has 13 heteroatoms. The molecule has 0 saturated carbocycles. The van der Waals surface area contributed by atoms with Crippen LogP contribution >= 0.6 is 11.6 Å². The Morgan fingerprint density at radius 2 is 1.65 bits per heavy atom. The number of rotatable bonds is 9. The smallest absolute Gasteiger partial charge is 0.282 e. The van der Waals surface area contributed by atoms with E-state index < -0.39 is 20.2 Å². The van der Waals surface area contributed by atoms with Gasteiger partial charge in [0, 0.05) is 59.1 Å². The average molecular weight is 496 g/mol. The van der Waals surface area contributed by atoms with Crippen LogP contribution in [-0.2, 0) is 25.0 Å². The topological polar surface area (TPSA) is 110 Å². The molecule has 1 N–H and O–H groups in total. The van der Waals surface area contributed by atoms with E-state index in [-0.39, 0.29) is 22.4 Å². The van der Waals surface area contributed by atoms with Crippen molar-refractivity contribution in [3.63, 3.8) is 0 Å². The molecular formula is C18H30ClN5O5S2. The maximum Gasteiger partial charge on any atom is 0.282 e. The first-order chi connectivity index (χ1) is 14.4. The molecule has 1 aliphatic heterocycles. The van der Waals surface area contributed by atoms with Crippen molar-refractivity contribution < 1.29 is 21.6 Å². The van der Waals surface area contributed by atoms with Gasteiger partial charge in [0.1, 0.15) is 4.90 Å². The molecule has 0 bridgehead atoms. The number of nitrogens with one attached hydrogen (secondary N) is 1. The van der Waals surface area contributed by atoms with Crippen molar-refractivity contribution in [3.8, 4) is 0 Å². The van der Waals surface area contributed by atoms with Crippen LogP contribution in [-0.4, -0.2) is 100 Å². The number of piperazine rings is 1. The Balaban J connectivity index is 1.98. The van der Waals surface area contributed by atoms with Crippen molar-refractivity contribution in [2.24, 2.45) is 0 Å². The standard InChI is InChI=1S/C18H30ClN5O5S2/c1-5-23(6-2)31(28,29)24-11-9-22(10-12-24)14-18(25)20-15-7-8-16(19)17(13-15)30(26,27)21(3)4/h7-8,13H,5-6,9-12,14H2,1-4H3,(H,20,25). The van der Waals surface area contributed by atoms with Crippen molar-refractivity contribution in [1.82, 2.24) is 17.8 Å². The summed E-state index contributed by atoms with van der Waals surface area (Å²) in [6, 6.07) is 4.28. The van der Waals surface area contributed by atoms with Gasteiger partial charge >= 0.3 is 0 Å². The van der Waals surface area contributed by atoms with Gasteiger partial charge in [0.25, 0.3) is 10.2 Å². The highest BCUT2D eigenvalue weighted by Crippen LogP contribution is 2.26. The molecule has 0 aromatic heterocycles. The van der Waals surface area contributed by atoms with E-state index in [1.54, 1.807) is 13.8 Å². The number of halogens is 1. The predicted molar refractivity (Wildman–Crippen MR) is 121 cm³/mol. The van der Waals surface area contributed by atoms with Crippen LogP contribution in [0.4, 0.5) is 5.69 Å². The zero-order valence-electron chi connectivity index (χ0n) is 18.2. The van der Waals surface area contributed by atoms with Crippen LogP contribution in [0.25, 0.3) is 0 Å². The Hall–Kier alpha value is -1.28. The second-order valence-electron chi connectivity index (χ2n) is 7.25. The third-order valence-corrected chi connectivity index (χ3v) is 9.51. The zero-order chi connectivity index (χ0) is 23.4. The average Bonchev–Trinajstić information content (AvgIpc) is 2.70. The number of anilines is 1. The molecule has 1 aromatic rings. The molecule has 0 atom stereocenters. The van der Waals surface area contributed by atoms with E-state index in [2.05, 4.69) is 5.32 Å². The van der Waals surface area contributed by atoms with Gasteiger partial charge in [-0.3, -0.25) is 9.69 Å². The molecule has 2 rings (SSSR count). The summed E-state index contributed by atoms with van der Waals surface area (Å²) in [5.41, 5.74) is 0.317. The van der Waals surface area contributed by atoms with E-state index >= 15 is 0 Å². The van der Waals surface area contributed by atoms with Crippen LogP contribution in [0.5, 0.6) is 0 Å². The lowest BCUT2D eigenvalue weighted by Crippen LogP contribution is -2.54. The summed E-state index contributed by atoms with van der Waals surface area (Å²) >= 11 is 6.03. The first-order valence-corrected chi connectivity index (χ1v) is 13.1. The summed E-state index contributed by atoms with van der Waals surface area (Å²) in [6.07, 6.45) is 0. The molecule has 10 nitrogen and oxygen atoms in total. The molecular weight excluding hydrogens is 466 g/mol. The second kappa shape index (κ2) is 10.6. The highest BCUT2D eigenvalue weighted by molar-refractivity contribution is 7.89. The maximum atomic E-state index is 12.6. The van der Waals surface area contributed by atoms with Crippen molar-refractivity contribution in [2.45, 2.75) is 18.7 Å². The maximum absolute atomic E-state index is 12.6. The van der Waals surface area contributed by atoms with Gasteiger partial charge in [-0.1, -0.05) is 25.4 Å². The van der Waals surface area contributed by atoms with Crippen molar-refractivity contribution in [3.05, 3.63) is 23.2 Å². The first kappa shape index (κ1) is 26.0. The summed E-state index contributed by atoms with van der Waals surface area (Å²) in [5, 5.41) is 2.75. The Morgan fingerprint density at radius 1 is 1.06 bits per heavy atom. The van der Waals surface area contributed by atoms with Gasteiger partial charge in [-0.2, -0.15) is 17.0 Å². The summed E-state index contributed by atoms with van der Waals surface area (Å²) in [6.45, 7) is 5.95. The van der Waals surface area contributed by atoms with Gasteiger partial charge in [0.2, 0.25) is 15.9 Å². The number of carbonyl (C=O) groups is 1. The lowest BCUT2D eigenvalue weighted by molar-refractivity contribution is -0.117. The lowest BCUT2D eigenvalue weighted by Gasteiger charge is -2.35. The summed E-state index contributed by atoms with van der Waals surface area (Å²) in [7, 11) is -4.44. The van der Waals surface area contributed by atoms with Gasteiger partial charge < -0.3 is 5.32 Å². The third kappa shape index (κ3) is 6.15. The molecule has 1 fully saturated rings. The van der Waals surface area contributed by atoms with Gasteiger partial charge in [-0.15, -0.1) is 0 Å². The first-order valence-electron chi connectivity index (χ1n) is 9.93. The predicted octanol–water partition coefficient (Wildman–Crippen LogP) is 0.733. The van der Waals surface area contributed by atoms with Gasteiger partial charge in [-0.25, -0.2) is 12.7 Å². The fourth-order valence-electron chi connectivity index (χ4n) is 3.21. The van der Waals surface area contributed by atoms with E-state index in [1.807, 2.05) is 4.90 Å². The largest absolute Gasteiger partial charge is 0.325 e. The van der Waals surface area contributed by atoms with E-state index in [9.17, 15) is 21.6 Å². The molecule has 1 heterocycles. The monoisotopic (exact) mass is 495 g/mol. The molecule has 1 amide bonds. The third-order valence-electron chi connectivity index (χ3n) is 5.03. The number of benzene rings is 1. The molecule has 0 aliphatic carbocycles. The molecule has 0 spiro atoms. The minimum atomic E-state index is -3.75. The zero-order valence-corrected chi connectivity index (χ0v) is 20.6. The number of amides is 1. The van der Waals surface area contributed by atoms with Crippen LogP contribution in [0.15, 0.2) is 23.1 Å². The van der Waals surface area contributed by atoms with Crippen molar-refractivity contribution in [1.29, 1.82) is 0 Å². The molecule has 176 valence electrons. The van der Waals surface area contributed by atoms with Gasteiger partial charge in [-0.05, 0) is 18.2 Å². The fourth-order valence-corrected chi connectivity index (χ4v) is 6.21. The Labute approximate surface area is 190 Å². The quantitative estimate of drug-likeness (QED) is 0.541. The highest BCUT2D eigenvalue weighted by Gasteiger charge is 2.31.